The number of urea groups is 1. The number of nitrogens with zero attached hydrogens (tertiary/aromatic N) is 1. The Kier molecular flexibility index (Phi) is 5.23. The van der Waals surface area contributed by atoms with Gasteiger partial charge in [-0.05, 0) is 31.6 Å². The van der Waals surface area contributed by atoms with Crippen molar-refractivity contribution in [2.24, 2.45) is 11.7 Å². The second kappa shape index (κ2) is 6.92. The van der Waals surface area contributed by atoms with Gasteiger partial charge >= 0.3 is 12.0 Å². The Balaban J connectivity index is 1.89. The smallest absolute Gasteiger partial charge is 0.314 e. The van der Waals surface area contributed by atoms with E-state index in [4.69, 9.17) is 10.8 Å². The summed E-state index contributed by atoms with van der Waals surface area (Å²) in [6, 6.07) is 0.398. The standard InChI is InChI=1S/C14H25N3O3/c15-14(20)17-8-10(5-6-13(18)19)7-12(9-17)16-11-3-1-2-4-11/h10-12,16H,1-9H2,(H2,15,20)(H,18,19). The molecule has 114 valence electrons. The predicted octanol–water partition coefficient (Wildman–Crippen LogP) is 1.15. The Hall–Kier alpha value is -1.30. The van der Waals surface area contributed by atoms with Gasteiger partial charge in [0.2, 0.25) is 0 Å². The van der Waals surface area contributed by atoms with Gasteiger partial charge in [-0.3, -0.25) is 4.79 Å². The molecule has 2 unspecified atom stereocenters. The average Bonchev–Trinajstić information content (AvgIpc) is 2.89. The molecule has 1 aliphatic heterocycles. The van der Waals surface area contributed by atoms with Crippen molar-refractivity contribution in [1.29, 1.82) is 0 Å². The van der Waals surface area contributed by atoms with Crippen LogP contribution in [0.15, 0.2) is 0 Å². The van der Waals surface area contributed by atoms with E-state index in [-0.39, 0.29) is 18.4 Å². The molecule has 2 aliphatic rings. The van der Waals surface area contributed by atoms with Crippen molar-refractivity contribution >= 4 is 12.0 Å². The number of aliphatic carboxylic acids is 1. The van der Waals surface area contributed by atoms with E-state index in [1.807, 2.05) is 0 Å². The van der Waals surface area contributed by atoms with Gasteiger partial charge in [-0.15, -0.1) is 0 Å². The van der Waals surface area contributed by atoms with Crippen LogP contribution in [-0.2, 0) is 4.79 Å². The highest BCUT2D eigenvalue weighted by atomic mass is 16.4. The fourth-order valence-corrected chi connectivity index (χ4v) is 3.47. The van der Waals surface area contributed by atoms with Crippen molar-refractivity contribution < 1.29 is 14.7 Å². The van der Waals surface area contributed by atoms with Crippen LogP contribution in [-0.4, -0.2) is 47.2 Å². The molecule has 0 spiro atoms. The van der Waals surface area contributed by atoms with E-state index >= 15 is 0 Å². The zero-order valence-electron chi connectivity index (χ0n) is 11.9. The molecule has 2 amide bonds. The highest BCUT2D eigenvalue weighted by Crippen LogP contribution is 2.24. The highest BCUT2D eigenvalue weighted by molar-refractivity contribution is 5.72. The van der Waals surface area contributed by atoms with Crippen molar-refractivity contribution in [3.8, 4) is 0 Å². The number of carbonyl (C=O) groups excluding carboxylic acids is 1. The molecule has 1 saturated carbocycles. The third kappa shape index (κ3) is 4.37. The number of carbonyl (C=O) groups is 2. The molecule has 6 heteroatoms. The van der Waals surface area contributed by atoms with Crippen molar-refractivity contribution in [2.45, 2.75) is 57.0 Å². The van der Waals surface area contributed by atoms with Crippen molar-refractivity contribution in [3.63, 3.8) is 0 Å². The second-order valence-corrected chi connectivity index (χ2v) is 6.12. The fraction of sp³-hybridized carbons (Fsp3) is 0.857. The summed E-state index contributed by atoms with van der Waals surface area (Å²) in [4.78, 5) is 23.8. The molecule has 1 heterocycles. The minimum Gasteiger partial charge on any atom is -0.481 e. The molecule has 0 radical (unpaired) electrons. The zero-order valence-corrected chi connectivity index (χ0v) is 11.9. The summed E-state index contributed by atoms with van der Waals surface area (Å²) >= 11 is 0. The molecular weight excluding hydrogens is 258 g/mol. The number of nitrogens with one attached hydrogen (secondary N) is 1. The lowest BCUT2D eigenvalue weighted by atomic mass is 9.90. The van der Waals surface area contributed by atoms with E-state index in [1.165, 1.54) is 25.7 Å². The SMILES string of the molecule is NC(=O)N1CC(CCC(=O)O)CC(NC2CCCC2)C1. The van der Waals surface area contributed by atoms with Crippen molar-refractivity contribution in [2.75, 3.05) is 13.1 Å². The molecule has 2 fully saturated rings. The van der Waals surface area contributed by atoms with Crippen molar-refractivity contribution in [1.82, 2.24) is 10.2 Å². The lowest BCUT2D eigenvalue weighted by Crippen LogP contribution is -2.54. The number of nitrogens with two attached hydrogens (primary N) is 1. The van der Waals surface area contributed by atoms with Crippen molar-refractivity contribution in [3.05, 3.63) is 0 Å². The minimum atomic E-state index is -0.776. The third-order valence-electron chi connectivity index (χ3n) is 4.44. The van der Waals surface area contributed by atoms with E-state index in [1.54, 1.807) is 4.90 Å². The molecule has 6 nitrogen and oxygen atoms in total. The summed E-state index contributed by atoms with van der Waals surface area (Å²) in [6.07, 6.45) is 6.65. The first-order chi connectivity index (χ1) is 9.54. The summed E-state index contributed by atoms with van der Waals surface area (Å²) in [5, 5.41) is 12.4. The molecule has 0 aromatic heterocycles. The van der Waals surface area contributed by atoms with Crippen LogP contribution in [0.5, 0.6) is 0 Å². The molecule has 1 aliphatic carbocycles. The summed E-state index contributed by atoms with van der Waals surface area (Å²) in [5.74, 6) is -0.548. The molecule has 0 aromatic rings. The van der Waals surface area contributed by atoms with Crippen LogP contribution in [0.25, 0.3) is 0 Å². The normalized spacial score (nSPS) is 27.7. The summed E-state index contributed by atoms with van der Waals surface area (Å²) in [7, 11) is 0. The van der Waals surface area contributed by atoms with E-state index in [0.29, 0.717) is 25.6 Å². The maximum absolute atomic E-state index is 11.4. The number of carboxylic acids is 1. The molecule has 0 bridgehead atoms. The Morgan fingerprint density at radius 1 is 1.20 bits per heavy atom. The Morgan fingerprint density at radius 2 is 1.90 bits per heavy atom. The lowest BCUT2D eigenvalue weighted by molar-refractivity contribution is -0.137. The van der Waals surface area contributed by atoms with Crippen LogP contribution in [0.2, 0.25) is 0 Å². The highest BCUT2D eigenvalue weighted by Gasteiger charge is 2.30. The number of piperidine rings is 1. The fourth-order valence-electron chi connectivity index (χ4n) is 3.47. The Morgan fingerprint density at radius 3 is 2.50 bits per heavy atom. The van der Waals surface area contributed by atoms with Gasteiger partial charge in [0.25, 0.3) is 0 Å². The molecule has 2 atom stereocenters. The summed E-state index contributed by atoms with van der Waals surface area (Å²) < 4.78 is 0. The summed E-state index contributed by atoms with van der Waals surface area (Å²) in [5.41, 5.74) is 5.40. The summed E-state index contributed by atoms with van der Waals surface area (Å²) in [6.45, 7) is 1.24. The monoisotopic (exact) mass is 283 g/mol. The van der Waals surface area contributed by atoms with Crippen LogP contribution in [0.4, 0.5) is 4.79 Å². The number of hydrogen-bond acceptors (Lipinski definition) is 3. The maximum atomic E-state index is 11.4. The van der Waals surface area contributed by atoms with Gasteiger partial charge in [0.1, 0.15) is 0 Å². The number of carboxylic acid groups (broad SMARTS) is 1. The molecule has 4 N–H and O–H groups in total. The van der Waals surface area contributed by atoms with Gasteiger partial charge < -0.3 is 21.1 Å². The molecule has 2 rings (SSSR count). The molecule has 1 saturated heterocycles. The van der Waals surface area contributed by atoms with Crippen LogP contribution < -0.4 is 11.1 Å². The van der Waals surface area contributed by atoms with E-state index < -0.39 is 12.0 Å². The minimum absolute atomic E-state index is 0.160. The third-order valence-corrected chi connectivity index (χ3v) is 4.44. The van der Waals surface area contributed by atoms with Crippen LogP contribution in [0, 0.1) is 5.92 Å². The second-order valence-electron chi connectivity index (χ2n) is 6.12. The number of likely N-dealkylation sites (tertiary alicyclic amines) is 1. The van der Waals surface area contributed by atoms with E-state index in [0.717, 1.165) is 6.42 Å². The first-order valence-corrected chi connectivity index (χ1v) is 7.57. The van der Waals surface area contributed by atoms with E-state index in [9.17, 15) is 9.59 Å². The van der Waals surface area contributed by atoms with Crippen LogP contribution in [0.3, 0.4) is 0 Å². The first-order valence-electron chi connectivity index (χ1n) is 7.57. The van der Waals surface area contributed by atoms with Gasteiger partial charge in [-0.1, -0.05) is 12.8 Å². The number of primary amides is 1. The van der Waals surface area contributed by atoms with E-state index in [2.05, 4.69) is 5.32 Å². The quantitative estimate of drug-likeness (QED) is 0.705. The number of hydrogen-bond donors (Lipinski definition) is 3. The largest absolute Gasteiger partial charge is 0.481 e. The van der Waals surface area contributed by atoms with Crippen LogP contribution in [0.1, 0.15) is 44.9 Å². The lowest BCUT2D eigenvalue weighted by Gasteiger charge is -2.38. The molecule has 0 aromatic carbocycles. The molecular formula is C14H25N3O3. The van der Waals surface area contributed by atoms with Crippen LogP contribution >= 0.6 is 0 Å². The van der Waals surface area contributed by atoms with Gasteiger partial charge in [0, 0.05) is 31.6 Å². The maximum Gasteiger partial charge on any atom is 0.314 e. The molecule has 20 heavy (non-hydrogen) atoms. The number of rotatable bonds is 5. The Bertz CT molecular complexity index is 356. The van der Waals surface area contributed by atoms with Gasteiger partial charge in [0.05, 0.1) is 0 Å². The first kappa shape index (κ1) is 15.1. The number of amides is 2. The van der Waals surface area contributed by atoms with Gasteiger partial charge in [-0.25, -0.2) is 4.79 Å². The zero-order chi connectivity index (χ0) is 14.5. The van der Waals surface area contributed by atoms with Gasteiger partial charge in [-0.2, -0.15) is 0 Å². The Labute approximate surface area is 119 Å². The topological polar surface area (TPSA) is 95.7 Å². The predicted molar refractivity (Wildman–Crippen MR) is 75.3 cm³/mol. The van der Waals surface area contributed by atoms with Gasteiger partial charge in [0.15, 0.2) is 0 Å². The average molecular weight is 283 g/mol.